The lowest BCUT2D eigenvalue weighted by molar-refractivity contribution is 0.173. The average Bonchev–Trinajstić information content (AvgIpc) is 2.78. The molecule has 2 atom stereocenters. The number of rotatable bonds is 3. The van der Waals surface area contributed by atoms with Gasteiger partial charge in [-0.2, -0.15) is 4.98 Å². The highest BCUT2D eigenvalue weighted by Gasteiger charge is 2.38. The van der Waals surface area contributed by atoms with Gasteiger partial charge in [-0.25, -0.2) is 0 Å². The summed E-state index contributed by atoms with van der Waals surface area (Å²) in [5, 5.41) is 4.07. The third-order valence-electron chi connectivity index (χ3n) is 3.98. The first-order chi connectivity index (χ1) is 8.05. The Morgan fingerprint density at radius 3 is 2.88 bits per heavy atom. The Hall–Kier alpha value is -0.900. The van der Waals surface area contributed by atoms with E-state index in [9.17, 15) is 0 Å². The van der Waals surface area contributed by atoms with Crippen LogP contribution < -0.4 is 5.73 Å². The van der Waals surface area contributed by atoms with Crippen molar-refractivity contribution in [2.75, 3.05) is 0 Å². The number of nitrogens with zero attached hydrogens (tertiary/aromatic N) is 2. The maximum absolute atomic E-state index is 6.49. The van der Waals surface area contributed by atoms with Gasteiger partial charge in [-0.3, -0.25) is 0 Å². The minimum absolute atomic E-state index is 0.371. The average molecular weight is 237 g/mol. The van der Waals surface area contributed by atoms with Crippen molar-refractivity contribution in [1.82, 2.24) is 10.1 Å². The fourth-order valence-electron chi connectivity index (χ4n) is 2.72. The molecule has 1 aliphatic rings. The van der Waals surface area contributed by atoms with Gasteiger partial charge in [-0.1, -0.05) is 38.8 Å². The molecule has 0 radical (unpaired) electrons. The number of hydrogen-bond donors (Lipinski definition) is 1. The summed E-state index contributed by atoms with van der Waals surface area (Å²) in [7, 11) is 0. The predicted octanol–water partition coefficient (Wildman–Crippen LogP) is 2.63. The molecule has 1 heterocycles. The zero-order valence-electron chi connectivity index (χ0n) is 11.1. The molecule has 1 saturated carbocycles. The molecule has 4 nitrogen and oxygen atoms in total. The number of hydrogen-bond acceptors (Lipinski definition) is 4. The topological polar surface area (TPSA) is 64.9 Å². The van der Waals surface area contributed by atoms with E-state index in [0.29, 0.717) is 23.6 Å². The van der Waals surface area contributed by atoms with E-state index in [2.05, 4.69) is 24.0 Å². The van der Waals surface area contributed by atoms with E-state index in [-0.39, 0.29) is 5.54 Å². The van der Waals surface area contributed by atoms with Crippen LogP contribution in [0.15, 0.2) is 4.52 Å². The van der Waals surface area contributed by atoms with Crippen molar-refractivity contribution in [3.8, 4) is 0 Å². The van der Waals surface area contributed by atoms with E-state index in [0.717, 1.165) is 25.7 Å². The second-order valence-electron chi connectivity index (χ2n) is 5.62. The van der Waals surface area contributed by atoms with Gasteiger partial charge in [-0.05, 0) is 24.7 Å². The van der Waals surface area contributed by atoms with Crippen molar-refractivity contribution in [2.24, 2.45) is 17.6 Å². The Balaban J connectivity index is 2.17. The molecule has 2 rings (SSSR count). The number of nitrogens with two attached hydrogens (primary N) is 1. The van der Waals surface area contributed by atoms with Gasteiger partial charge in [-0.15, -0.1) is 0 Å². The first-order valence-corrected chi connectivity index (χ1v) is 6.67. The molecule has 2 N–H and O–H groups in total. The Morgan fingerprint density at radius 1 is 1.53 bits per heavy atom. The van der Waals surface area contributed by atoms with E-state index < -0.39 is 0 Å². The molecule has 0 spiro atoms. The second kappa shape index (κ2) is 4.77. The van der Waals surface area contributed by atoms with Crippen molar-refractivity contribution in [3.63, 3.8) is 0 Å². The van der Waals surface area contributed by atoms with Crippen molar-refractivity contribution < 1.29 is 4.52 Å². The zero-order valence-corrected chi connectivity index (χ0v) is 11.1. The minimum atomic E-state index is -0.371. The fourth-order valence-corrected chi connectivity index (χ4v) is 2.72. The van der Waals surface area contributed by atoms with E-state index in [1.54, 1.807) is 0 Å². The summed E-state index contributed by atoms with van der Waals surface area (Å²) in [4.78, 5) is 4.42. The van der Waals surface area contributed by atoms with Gasteiger partial charge in [0, 0.05) is 6.42 Å². The van der Waals surface area contributed by atoms with Crippen LogP contribution in [0.1, 0.15) is 58.2 Å². The fraction of sp³-hybridized carbons (Fsp3) is 0.846. The molecular formula is C13H23N3O. The predicted molar refractivity (Wildman–Crippen MR) is 66.3 cm³/mol. The zero-order chi connectivity index (χ0) is 12.5. The Morgan fingerprint density at radius 2 is 2.29 bits per heavy atom. The molecular weight excluding hydrogens is 214 g/mol. The third kappa shape index (κ3) is 2.51. The summed E-state index contributed by atoms with van der Waals surface area (Å²) in [6.45, 7) is 6.55. The summed E-state index contributed by atoms with van der Waals surface area (Å²) < 4.78 is 5.19. The lowest BCUT2D eigenvalue weighted by atomic mass is 9.72. The molecule has 2 unspecified atom stereocenters. The molecule has 0 amide bonds. The van der Waals surface area contributed by atoms with Crippen LogP contribution in [0.4, 0.5) is 0 Å². The maximum atomic E-state index is 6.49. The molecule has 1 fully saturated rings. The summed E-state index contributed by atoms with van der Waals surface area (Å²) in [5.41, 5.74) is 6.12. The van der Waals surface area contributed by atoms with Crippen LogP contribution in [-0.4, -0.2) is 10.1 Å². The maximum Gasteiger partial charge on any atom is 0.226 e. The van der Waals surface area contributed by atoms with Crippen molar-refractivity contribution in [2.45, 2.75) is 58.4 Å². The van der Waals surface area contributed by atoms with Gasteiger partial charge in [0.15, 0.2) is 5.82 Å². The third-order valence-corrected chi connectivity index (χ3v) is 3.98. The number of aromatic nitrogens is 2. The Bertz CT molecular complexity index is 374. The van der Waals surface area contributed by atoms with Crippen LogP contribution in [0.3, 0.4) is 0 Å². The van der Waals surface area contributed by atoms with Gasteiger partial charge in [0.25, 0.3) is 0 Å². The summed E-state index contributed by atoms with van der Waals surface area (Å²) in [5.74, 6) is 2.75. The molecule has 0 saturated heterocycles. The minimum Gasteiger partial charge on any atom is -0.339 e. The molecule has 4 heteroatoms. The molecule has 17 heavy (non-hydrogen) atoms. The first-order valence-electron chi connectivity index (χ1n) is 6.67. The van der Waals surface area contributed by atoms with Gasteiger partial charge in [0.1, 0.15) is 0 Å². The van der Waals surface area contributed by atoms with Crippen LogP contribution >= 0.6 is 0 Å². The highest BCUT2D eigenvalue weighted by Crippen LogP contribution is 2.39. The van der Waals surface area contributed by atoms with Crippen LogP contribution in [0.5, 0.6) is 0 Å². The van der Waals surface area contributed by atoms with E-state index >= 15 is 0 Å². The monoisotopic (exact) mass is 237 g/mol. The van der Waals surface area contributed by atoms with Gasteiger partial charge in [0.05, 0.1) is 5.54 Å². The van der Waals surface area contributed by atoms with Gasteiger partial charge < -0.3 is 10.3 Å². The van der Waals surface area contributed by atoms with Crippen LogP contribution in [-0.2, 0) is 12.0 Å². The van der Waals surface area contributed by atoms with E-state index in [4.69, 9.17) is 10.3 Å². The molecule has 96 valence electrons. The van der Waals surface area contributed by atoms with Crippen LogP contribution in [0.25, 0.3) is 0 Å². The standard InChI is InChI=1S/C13H23N3O/c1-4-11-15-12(16-17-11)13(14)7-5-6-10(8-13)9(2)3/h9-10H,4-8,14H2,1-3H3. The molecule has 0 bridgehead atoms. The molecule has 1 aromatic rings. The lowest BCUT2D eigenvalue weighted by Gasteiger charge is -2.37. The number of aryl methyl sites for hydroxylation is 1. The Labute approximate surface area is 103 Å². The summed E-state index contributed by atoms with van der Waals surface area (Å²) in [6, 6.07) is 0. The van der Waals surface area contributed by atoms with E-state index in [1.165, 1.54) is 6.42 Å². The highest BCUT2D eigenvalue weighted by molar-refractivity contribution is 5.06. The first kappa shape index (κ1) is 12.6. The van der Waals surface area contributed by atoms with Gasteiger partial charge in [0.2, 0.25) is 5.89 Å². The highest BCUT2D eigenvalue weighted by atomic mass is 16.5. The van der Waals surface area contributed by atoms with Gasteiger partial charge >= 0.3 is 0 Å². The Kier molecular flexibility index (Phi) is 3.52. The quantitative estimate of drug-likeness (QED) is 0.877. The van der Waals surface area contributed by atoms with Crippen molar-refractivity contribution >= 4 is 0 Å². The van der Waals surface area contributed by atoms with Crippen LogP contribution in [0.2, 0.25) is 0 Å². The van der Waals surface area contributed by atoms with E-state index in [1.807, 2.05) is 6.92 Å². The molecule has 0 aliphatic heterocycles. The second-order valence-corrected chi connectivity index (χ2v) is 5.62. The normalized spacial score (nSPS) is 29.8. The molecule has 1 aromatic heterocycles. The summed E-state index contributed by atoms with van der Waals surface area (Å²) in [6.07, 6.45) is 5.16. The smallest absolute Gasteiger partial charge is 0.226 e. The largest absolute Gasteiger partial charge is 0.339 e. The SMILES string of the molecule is CCc1nc(C2(N)CCCC(C(C)C)C2)no1. The molecule has 1 aliphatic carbocycles. The summed E-state index contributed by atoms with van der Waals surface area (Å²) >= 11 is 0. The van der Waals surface area contributed by atoms with Crippen LogP contribution in [0, 0.1) is 11.8 Å². The van der Waals surface area contributed by atoms with Crippen molar-refractivity contribution in [3.05, 3.63) is 11.7 Å². The lowest BCUT2D eigenvalue weighted by Crippen LogP contribution is -2.43. The molecule has 0 aromatic carbocycles. The van der Waals surface area contributed by atoms with Crippen molar-refractivity contribution in [1.29, 1.82) is 0 Å².